The van der Waals surface area contributed by atoms with Crippen molar-refractivity contribution in [2.24, 2.45) is 0 Å². The summed E-state index contributed by atoms with van der Waals surface area (Å²) in [6, 6.07) is 19.8. The van der Waals surface area contributed by atoms with Crippen LogP contribution in [-0.2, 0) is 16.8 Å². The second-order valence-corrected chi connectivity index (χ2v) is 8.45. The fourth-order valence-electron chi connectivity index (χ4n) is 4.01. The van der Waals surface area contributed by atoms with E-state index in [1.807, 2.05) is 36.4 Å². The quantitative estimate of drug-likeness (QED) is 0.653. The SMILES string of the molecule is CN(C)Cc1ccc(-c2cccc(NC(=O)C3(c4ccc5c(c4)OCO5)CC3)n2)cc1. The van der Waals surface area contributed by atoms with Crippen molar-refractivity contribution >= 4 is 11.7 Å². The smallest absolute Gasteiger partial charge is 0.236 e. The van der Waals surface area contributed by atoms with Gasteiger partial charge in [0.05, 0.1) is 11.1 Å². The number of carbonyl (C=O) groups is 1. The first kappa shape index (κ1) is 19.6. The molecule has 6 heteroatoms. The molecule has 2 heterocycles. The van der Waals surface area contributed by atoms with Crippen LogP contribution < -0.4 is 14.8 Å². The lowest BCUT2D eigenvalue weighted by Gasteiger charge is -2.16. The average molecular weight is 415 g/mol. The first-order valence-electron chi connectivity index (χ1n) is 10.5. The normalized spacial score (nSPS) is 15.7. The van der Waals surface area contributed by atoms with Crippen LogP contribution in [-0.4, -0.2) is 36.7 Å². The summed E-state index contributed by atoms with van der Waals surface area (Å²) in [7, 11) is 4.11. The topological polar surface area (TPSA) is 63.7 Å². The summed E-state index contributed by atoms with van der Waals surface area (Å²) in [6.45, 7) is 1.12. The Morgan fingerprint density at radius 1 is 1.03 bits per heavy atom. The number of anilines is 1. The number of hydrogen-bond acceptors (Lipinski definition) is 5. The number of nitrogens with zero attached hydrogens (tertiary/aromatic N) is 2. The zero-order valence-electron chi connectivity index (χ0n) is 17.7. The summed E-state index contributed by atoms with van der Waals surface area (Å²) < 4.78 is 10.9. The van der Waals surface area contributed by atoms with Gasteiger partial charge in [-0.2, -0.15) is 0 Å². The maximum atomic E-state index is 13.2. The number of nitrogens with one attached hydrogen (secondary N) is 1. The Morgan fingerprint density at radius 3 is 2.55 bits per heavy atom. The molecule has 6 nitrogen and oxygen atoms in total. The van der Waals surface area contributed by atoms with E-state index in [2.05, 4.69) is 53.6 Å². The van der Waals surface area contributed by atoms with Crippen molar-refractivity contribution in [1.29, 1.82) is 0 Å². The maximum Gasteiger partial charge on any atom is 0.236 e. The van der Waals surface area contributed by atoms with E-state index in [0.29, 0.717) is 11.6 Å². The van der Waals surface area contributed by atoms with Crippen LogP contribution in [0, 0.1) is 0 Å². The van der Waals surface area contributed by atoms with Gasteiger partial charge >= 0.3 is 0 Å². The summed E-state index contributed by atoms with van der Waals surface area (Å²) >= 11 is 0. The van der Waals surface area contributed by atoms with Crippen molar-refractivity contribution < 1.29 is 14.3 Å². The van der Waals surface area contributed by atoms with Crippen LogP contribution >= 0.6 is 0 Å². The Balaban J connectivity index is 1.33. The summed E-state index contributed by atoms with van der Waals surface area (Å²) in [5, 5.41) is 3.03. The molecule has 1 aliphatic carbocycles. The predicted molar refractivity (Wildman–Crippen MR) is 119 cm³/mol. The van der Waals surface area contributed by atoms with Crippen LogP contribution in [0.15, 0.2) is 60.7 Å². The van der Waals surface area contributed by atoms with E-state index in [-0.39, 0.29) is 12.7 Å². The highest BCUT2D eigenvalue weighted by Crippen LogP contribution is 2.51. The van der Waals surface area contributed by atoms with E-state index in [1.54, 1.807) is 0 Å². The Labute approximate surface area is 181 Å². The third kappa shape index (κ3) is 3.86. The van der Waals surface area contributed by atoms with E-state index < -0.39 is 5.41 Å². The van der Waals surface area contributed by atoms with Gasteiger partial charge in [-0.15, -0.1) is 0 Å². The number of benzene rings is 2. The van der Waals surface area contributed by atoms with E-state index in [4.69, 9.17) is 9.47 Å². The summed E-state index contributed by atoms with van der Waals surface area (Å²) in [6.07, 6.45) is 1.62. The van der Waals surface area contributed by atoms with Crippen molar-refractivity contribution in [3.05, 3.63) is 71.8 Å². The Hall–Kier alpha value is -3.38. The molecule has 0 radical (unpaired) electrons. The minimum Gasteiger partial charge on any atom is -0.454 e. The molecule has 1 amide bonds. The van der Waals surface area contributed by atoms with Crippen LogP contribution in [0.1, 0.15) is 24.0 Å². The van der Waals surface area contributed by atoms with Crippen molar-refractivity contribution in [2.45, 2.75) is 24.8 Å². The number of hydrogen-bond donors (Lipinski definition) is 1. The zero-order chi connectivity index (χ0) is 21.4. The molecule has 0 bridgehead atoms. The molecule has 0 saturated heterocycles. The lowest BCUT2D eigenvalue weighted by molar-refractivity contribution is -0.118. The lowest BCUT2D eigenvalue weighted by Crippen LogP contribution is -2.28. The van der Waals surface area contributed by atoms with Crippen molar-refractivity contribution in [3.8, 4) is 22.8 Å². The average Bonchev–Trinajstić information content (AvgIpc) is 3.45. The molecule has 1 N–H and O–H groups in total. The first-order valence-corrected chi connectivity index (χ1v) is 10.5. The molecule has 1 aliphatic heterocycles. The first-order chi connectivity index (χ1) is 15.0. The van der Waals surface area contributed by atoms with Crippen LogP contribution in [0.2, 0.25) is 0 Å². The number of carbonyl (C=O) groups excluding carboxylic acids is 1. The standard InChI is InChI=1S/C25H25N3O3/c1-28(2)15-17-6-8-18(9-7-17)20-4-3-5-23(26-20)27-24(29)25(12-13-25)19-10-11-21-22(14-19)31-16-30-21/h3-11,14H,12-13,15-16H2,1-2H3,(H,26,27,29). The van der Waals surface area contributed by atoms with Crippen LogP contribution in [0.5, 0.6) is 11.5 Å². The Kier molecular flexibility index (Phi) is 4.87. The maximum absolute atomic E-state index is 13.2. The molecular weight excluding hydrogens is 390 g/mol. The molecule has 0 unspecified atom stereocenters. The number of fused-ring (bicyclic) bond motifs is 1. The van der Waals surface area contributed by atoms with Gasteiger partial charge in [0, 0.05) is 12.1 Å². The molecule has 0 atom stereocenters. The molecule has 1 aromatic heterocycles. The molecule has 158 valence electrons. The lowest BCUT2D eigenvalue weighted by atomic mass is 9.94. The van der Waals surface area contributed by atoms with Gasteiger partial charge in [-0.3, -0.25) is 4.79 Å². The number of pyridine rings is 1. The number of ether oxygens (including phenoxy) is 2. The van der Waals surface area contributed by atoms with Crippen LogP contribution in [0.25, 0.3) is 11.3 Å². The van der Waals surface area contributed by atoms with Gasteiger partial charge in [0.25, 0.3) is 0 Å². The van der Waals surface area contributed by atoms with Gasteiger partial charge in [0.1, 0.15) is 5.82 Å². The highest BCUT2D eigenvalue weighted by atomic mass is 16.7. The molecule has 1 fully saturated rings. The molecule has 31 heavy (non-hydrogen) atoms. The van der Waals surface area contributed by atoms with E-state index in [1.165, 1.54) is 5.56 Å². The van der Waals surface area contributed by atoms with Gasteiger partial charge in [-0.1, -0.05) is 36.4 Å². The Bertz CT molecular complexity index is 1120. The van der Waals surface area contributed by atoms with E-state index >= 15 is 0 Å². The molecule has 3 aromatic rings. The van der Waals surface area contributed by atoms with Crippen LogP contribution in [0.3, 0.4) is 0 Å². The molecule has 1 saturated carbocycles. The molecule has 2 aromatic carbocycles. The van der Waals surface area contributed by atoms with Crippen molar-refractivity contribution in [2.75, 3.05) is 26.2 Å². The third-order valence-electron chi connectivity index (χ3n) is 5.85. The third-order valence-corrected chi connectivity index (χ3v) is 5.85. The molecule has 0 spiro atoms. The molecule has 5 rings (SSSR count). The van der Waals surface area contributed by atoms with Gasteiger partial charge in [-0.25, -0.2) is 4.98 Å². The van der Waals surface area contributed by atoms with E-state index in [0.717, 1.165) is 42.0 Å². The van der Waals surface area contributed by atoms with Gasteiger partial charge < -0.3 is 19.7 Å². The van der Waals surface area contributed by atoms with Gasteiger partial charge in [0.15, 0.2) is 11.5 Å². The highest BCUT2D eigenvalue weighted by molar-refractivity contribution is 6.01. The fourth-order valence-corrected chi connectivity index (χ4v) is 4.01. The summed E-state index contributed by atoms with van der Waals surface area (Å²) in [4.78, 5) is 20.0. The second kappa shape index (κ2) is 7.71. The zero-order valence-corrected chi connectivity index (χ0v) is 17.7. The van der Waals surface area contributed by atoms with E-state index in [9.17, 15) is 4.79 Å². The molecule has 2 aliphatic rings. The van der Waals surface area contributed by atoms with Crippen molar-refractivity contribution in [1.82, 2.24) is 9.88 Å². The summed E-state index contributed by atoms with van der Waals surface area (Å²) in [5.74, 6) is 1.96. The Morgan fingerprint density at radius 2 is 1.81 bits per heavy atom. The second-order valence-electron chi connectivity index (χ2n) is 8.45. The van der Waals surface area contributed by atoms with Gasteiger partial charge in [0.2, 0.25) is 12.7 Å². The van der Waals surface area contributed by atoms with Crippen LogP contribution in [0.4, 0.5) is 5.82 Å². The summed E-state index contributed by atoms with van der Waals surface area (Å²) in [5.41, 5.74) is 3.55. The predicted octanol–water partition coefficient (Wildman–Crippen LogP) is 4.21. The van der Waals surface area contributed by atoms with Gasteiger partial charge in [-0.05, 0) is 62.3 Å². The highest BCUT2D eigenvalue weighted by Gasteiger charge is 2.51. The number of amides is 1. The molecular formula is C25H25N3O3. The largest absolute Gasteiger partial charge is 0.454 e. The number of rotatable bonds is 6. The minimum atomic E-state index is -0.521. The minimum absolute atomic E-state index is 0.0302. The monoisotopic (exact) mass is 415 g/mol. The number of aromatic nitrogens is 1. The van der Waals surface area contributed by atoms with Crippen molar-refractivity contribution in [3.63, 3.8) is 0 Å². The fraction of sp³-hybridized carbons (Fsp3) is 0.280.